The number of hydrogen-bond donors (Lipinski definition) is 0. The Labute approximate surface area is 204 Å². The molecule has 0 aliphatic heterocycles. The molecule has 0 saturated heterocycles. The summed E-state index contributed by atoms with van der Waals surface area (Å²) in [6.45, 7) is 0. The molecule has 0 radical (unpaired) electrons. The van der Waals surface area contributed by atoms with Gasteiger partial charge in [-0.1, -0.05) is 54.6 Å². The summed E-state index contributed by atoms with van der Waals surface area (Å²) in [4.78, 5) is 4.27. The van der Waals surface area contributed by atoms with Gasteiger partial charge in [0.15, 0.2) is 0 Å². The molecule has 172 valence electrons. The van der Waals surface area contributed by atoms with E-state index in [0.717, 1.165) is 0 Å². The molecule has 3 aromatic carbocycles. The van der Waals surface area contributed by atoms with Gasteiger partial charge in [-0.25, -0.2) is 4.58 Å². The second-order valence-corrected chi connectivity index (χ2v) is 9.25. The maximum atomic E-state index is 2.33. The summed E-state index contributed by atoms with van der Waals surface area (Å²) >= 11 is 0. The quantitative estimate of drug-likeness (QED) is 0.444. The largest absolute Gasteiger partial charge is 0.378 e. The topological polar surface area (TPSA) is 9.49 Å². The van der Waals surface area contributed by atoms with Crippen LogP contribution in [-0.2, 0) is 0 Å². The first-order valence-corrected chi connectivity index (χ1v) is 11.6. The molecule has 0 aromatic heterocycles. The average Bonchev–Trinajstić information content (AvgIpc) is 2.85. The first-order valence-electron chi connectivity index (χ1n) is 11.6. The molecular weight excluding hydrogens is 414 g/mol. The van der Waals surface area contributed by atoms with E-state index < -0.39 is 0 Å². The summed E-state index contributed by atoms with van der Waals surface area (Å²) in [6, 6.07) is 28.3. The van der Waals surface area contributed by atoms with Crippen LogP contribution in [-0.4, -0.2) is 52.6 Å². The number of benzene rings is 3. The van der Waals surface area contributed by atoms with Crippen molar-refractivity contribution >= 4 is 28.2 Å². The summed E-state index contributed by atoms with van der Waals surface area (Å²) in [6.07, 6.45) is 6.82. The van der Waals surface area contributed by atoms with E-state index in [1.54, 1.807) is 0 Å². The predicted molar refractivity (Wildman–Crippen MR) is 148 cm³/mol. The summed E-state index contributed by atoms with van der Waals surface area (Å²) in [5, 5.41) is 0. The van der Waals surface area contributed by atoms with E-state index in [4.69, 9.17) is 0 Å². The lowest BCUT2D eigenvalue weighted by Gasteiger charge is -2.19. The molecule has 4 rings (SSSR count). The molecule has 3 heteroatoms. The van der Waals surface area contributed by atoms with Crippen LogP contribution in [0.3, 0.4) is 0 Å². The third-order valence-corrected chi connectivity index (χ3v) is 6.20. The highest BCUT2D eigenvalue weighted by molar-refractivity contribution is 6.28. The average molecular weight is 449 g/mol. The second kappa shape index (κ2) is 9.96. The molecule has 1 aliphatic rings. The van der Waals surface area contributed by atoms with Gasteiger partial charge in [0.2, 0.25) is 5.71 Å². The zero-order valence-corrected chi connectivity index (χ0v) is 21.1. The lowest BCUT2D eigenvalue weighted by atomic mass is 9.86. The van der Waals surface area contributed by atoms with Crippen LogP contribution in [0.25, 0.3) is 11.1 Å². The Morgan fingerprint density at radius 1 is 0.618 bits per heavy atom. The third kappa shape index (κ3) is 4.89. The lowest BCUT2D eigenvalue weighted by Crippen LogP contribution is -2.15. The Hall–Kier alpha value is -3.85. The second-order valence-electron chi connectivity index (χ2n) is 9.25. The van der Waals surface area contributed by atoms with Gasteiger partial charge in [0, 0.05) is 45.6 Å². The molecule has 0 spiro atoms. The van der Waals surface area contributed by atoms with E-state index in [1.807, 2.05) is 0 Å². The summed E-state index contributed by atoms with van der Waals surface area (Å²) < 4.78 is 2.18. The van der Waals surface area contributed by atoms with Crippen LogP contribution < -0.4 is 9.80 Å². The Morgan fingerprint density at radius 2 is 1.12 bits per heavy atom. The molecule has 0 N–H and O–H groups in total. The Bertz CT molecular complexity index is 1210. The van der Waals surface area contributed by atoms with Crippen molar-refractivity contribution in [2.45, 2.75) is 0 Å². The summed E-state index contributed by atoms with van der Waals surface area (Å²) in [5.41, 5.74) is 10.9. The fourth-order valence-electron chi connectivity index (χ4n) is 4.28. The number of hydrogen-bond acceptors (Lipinski definition) is 2. The number of allylic oxidation sites excluding steroid dienone is 5. The van der Waals surface area contributed by atoms with Gasteiger partial charge in [-0.2, -0.15) is 0 Å². The molecule has 1 aliphatic carbocycles. The first-order chi connectivity index (χ1) is 16.3. The van der Waals surface area contributed by atoms with Gasteiger partial charge in [-0.3, -0.25) is 0 Å². The molecule has 0 saturated carbocycles. The minimum atomic E-state index is 1.19. The minimum absolute atomic E-state index is 1.19. The third-order valence-electron chi connectivity index (χ3n) is 6.20. The van der Waals surface area contributed by atoms with E-state index >= 15 is 0 Å². The number of anilines is 2. The van der Waals surface area contributed by atoms with Gasteiger partial charge >= 0.3 is 0 Å². The highest BCUT2D eigenvalue weighted by Crippen LogP contribution is 2.34. The molecule has 0 fully saturated rings. The van der Waals surface area contributed by atoms with Gasteiger partial charge in [0.1, 0.15) is 14.1 Å². The molecular formula is C31H34N3+. The predicted octanol–water partition coefficient (Wildman–Crippen LogP) is 5.99. The van der Waals surface area contributed by atoms with Crippen molar-refractivity contribution in [3.05, 3.63) is 119 Å². The van der Waals surface area contributed by atoms with Crippen molar-refractivity contribution in [1.82, 2.24) is 0 Å². The first kappa shape index (κ1) is 23.3. The molecule has 0 heterocycles. The number of rotatable bonds is 5. The van der Waals surface area contributed by atoms with Gasteiger partial charge in [-0.05, 0) is 64.3 Å². The van der Waals surface area contributed by atoms with E-state index in [0.29, 0.717) is 0 Å². The molecule has 3 aromatic rings. The molecule has 0 unspecified atom stereocenters. The fraction of sp³-hybridized carbons (Fsp3) is 0.194. The van der Waals surface area contributed by atoms with Crippen LogP contribution >= 0.6 is 0 Å². The Morgan fingerprint density at radius 3 is 1.56 bits per heavy atom. The maximum absolute atomic E-state index is 2.33. The monoisotopic (exact) mass is 448 g/mol. The standard InChI is InChI=1S/C31H34N3/c1-32(2)27-17-12-24(13-18-27)31(25-14-19-28(20-15-25)33(3)4)26-16-21-30(34(5)6)29(22-26)23-10-8-7-9-11-23/h7-22H,1-6H3/q+1. The SMILES string of the molecule is CN(C)c1ccc(C(=C2C=CC(=[N+](C)C)C(c3ccccc3)=C2)c2ccc(N(C)C)cc2)cc1. The molecule has 34 heavy (non-hydrogen) atoms. The van der Waals surface area contributed by atoms with E-state index in [2.05, 4.69) is 154 Å². The van der Waals surface area contributed by atoms with Crippen molar-refractivity contribution in [2.75, 3.05) is 52.1 Å². The lowest BCUT2D eigenvalue weighted by molar-refractivity contribution is -0.462. The van der Waals surface area contributed by atoms with Crippen molar-refractivity contribution < 1.29 is 4.58 Å². The Balaban J connectivity index is 1.94. The van der Waals surface area contributed by atoms with Gasteiger partial charge in [0.25, 0.3) is 0 Å². The van der Waals surface area contributed by atoms with Crippen LogP contribution in [0, 0.1) is 0 Å². The maximum Gasteiger partial charge on any atom is 0.207 e. The fourth-order valence-corrected chi connectivity index (χ4v) is 4.28. The van der Waals surface area contributed by atoms with Gasteiger partial charge in [0.05, 0.1) is 5.57 Å². The highest BCUT2D eigenvalue weighted by Gasteiger charge is 2.21. The Kier molecular flexibility index (Phi) is 6.83. The van der Waals surface area contributed by atoms with Gasteiger partial charge in [-0.15, -0.1) is 0 Å². The van der Waals surface area contributed by atoms with Gasteiger partial charge < -0.3 is 9.80 Å². The van der Waals surface area contributed by atoms with Crippen LogP contribution in [0.1, 0.15) is 16.7 Å². The highest BCUT2D eigenvalue weighted by atomic mass is 15.1. The van der Waals surface area contributed by atoms with Crippen LogP contribution in [0.4, 0.5) is 11.4 Å². The van der Waals surface area contributed by atoms with Crippen molar-refractivity contribution in [1.29, 1.82) is 0 Å². The zero-order valence-electron chi connectivity index (χ0n) is 21.1. The minimum Gasteiger partial charge on any atom is -0.378 e. The molecule has 0 bridgehead atoms. The zero-order chi connectivity index (χ0) is 24.2. The van der Waals surface area contributed by atoms with Crippen molar-refractivity contribution in [2.24, 2.45) is 0 Å². The van der Waals surface area contributed by atoms with E-state index in [9.17, 15) is 0 Å². The van der Waals surface area contributed by atoms with Crippen molar-refractivity contribution in [3.8, 4) is 0 Å². The normalized spacial score (nSPS) is 12.9. The smallest absolute Gasteiger partial charge is 0.207 e. The molecule has 0 atom stereocenters. The van der Waals surface area contributed by atoms with E-state index in [-0.39, 0.29) is 0 Å². The van der Waals surface area contributed by atoms with Crippen LogP contribution in [0.2, 0.25) is 0 Å². The van der Waals surface area contributed by atoms with Crippen LogP contribution in [0.5, 0.6) is 0 Å². The van der Waals surface area contributed by atoms with E-state index in [1.165, 1.54) is 50.5 Å². The van der Waals surface area contributed by atoms with Crippen molar-refractivity contribution in [3.63, 3.8) is 0 Å². The van der Waals surface area contributed by atoms with Crippen LogP contribution in [0.15, 0.2) is 103 Å². The summed E-state index contributed by atoms with van der Waals surface area (Å²) in [7, 11) is 12.5. The summed E-state index contributed by atoms with van der Waals surface area (Å²) in [5.74, 6) is 0. The number of nitrogens with zero attached hydrogens (tertiary/aromatic N) is 3. The molecule has 0 amide bonds. The molecule has 3 nitrogen and oxygen atoms in total.